The van der Waals surface area contributed by atoms with Gasteiger partial charge in [0.15, 0.2) is 5.96 Å². The second-order valence-corrected chi connectivity index (χ2v) is 7.13. The molecule has 7 nitrogen and oxygen atoms in total. The van der Waals surface area contributed by atoms with Gasteiger partial charge in [-0.3, -0.25) is 4.90 Å². The molecule has 1 aliphatic rings. The van der Waals surface area contributed by atoms with Crippen LogP contribution in [0.4, 0.5) is 5.82 Å². The molecular formula is C21H33IN6O. The molecule has 0 bridgehead atoms. The van der Waals surface area contributed by atoms with Crippen molar-refractivity contribution in [3.05, 3.63) is 35.9 Å². The van der Waals surface area contributed by atoms with Crippen LogP contribution in [0, 0.1) is 0 Å². The number of nitrogens with one attached hydrogen (secondary N) is 2. The molecule has 0 atom stereocenters. The number of halogens is 1. The van der Waals surface area contributed by atoms with Gasteiger partial charge in [0.25, 0.3) is 0 Å². The van der Waals surface area contributed by atoms with E-state index in [2.05, 4.69) is 46.7 Å². The number of hydrogen-bond donors (Lipinski definition) is 2. The fourth-order valence-corrected chi connectivity index (χ4v) is 3.26. The Labute approximate surface area is 190 Å². The number of fused-ring (bicyclic) bond motifs is 1. The average molecular weight is 512 g/mol. The van der Waals surface area contributed by atoms with Crippen molar-refractivity contribution in [3.8, 4) is 0 Å². The number of guanidine groups is 1. The summed E-state index contributed by atoms with van der Waals surface area (Å²) in [6, 6.07) is 10.4. The molecule has 0 unspecified atom stereocenters. The zero-order chi connectivity index (χ0) is 19.8. The number of morpholine rings is 1. The monoisotopic (exact) mass is 512 g/mol. The van der Waals surface area contributed by atoms with E-state index in [4.69, 9.17) is 14.7 Å². The Morgan fingerprint density at radius 2 is 1.97 bits per heavy atom. The summed E-state index contributed by atoms with van der Waals surface area (Å²) in [6.45, 7) is 9.07. The maximum absolute atomic E-state index is 5.41. The van der Waals surface area contributed by atoms with E-state index in [1.165, 1.54) is 5.56 Å². The molecule has 1 saturated heterocycles. The lowest BCUT2D eigenvalue weighted by atomic mass is 10.1. The third-order valence-electron chi connectivity index (χ3n) is 4.82. The van der Waals surface area contributed by atoms with Crippen molar-refractivity contribution in [3.63, 3.8) is 0 Å². The average Bonchev–Trinajstić information content (AvgIpc) is 2.72. The summed E-state index contributed by atoms with van der Waals surface area (Å²) >= 11 is 0. The van der Waals surface area contributed by atoms with E-state index < -0.39 is 0 Å². The van der Waals surface area contributed by atoms with Crippen molar-refractivity contribution in [1.82, 2.24) is 20.5 Å². The van der Waals surface area contributed by atoms with E-state index in [1.807, 2.05) is 25.1 Å². The lowest BCUT2D eigenvalue weighted by molar-refractivity contribution is 0.0389. The van der Waals surface area contributed by atoms with Crippen LogP contribution >= 0.6 is 24.0 Å². The van der Waals surface area contributed by atoms with Gasteiger partial charge in [-0.2, -0.15) is 0 Å². The highest BCUT2D eigenvalue weighted by atomic mass is 127. The van der Waals surface area contributed by atoms with E-state index in [0.717, 1.165) is 68.6 Å². The summed E-state index contributed by atoms with van der Waals surface area (Å²) in [4.78, 5) is 14.0. The molecule has 0 amide bonds. The van der Waals surface area contributed by atoms with Crippen LogP contribution in [0.25, 0.3) is 10.9 Å². The number of aliphatic imine (C=N–C) groups is 1. The van der Waals surface area contributed by atoms with Crippen molar-refractivity contribution < 1.29 is 4.74 Å². The Hall–Kier alpha value is -1.65. The number of benzene rings is 1. The molecule has 160 valence electrons. The molecule has 0 radical (unpaired) electrons. The molecule has 3 rings (SSSR count). The van der Waals surface area contributed by atoms with Crippen LogP contribution in [-0.2, 0) is 11.3 Å². The predicted molar refractivity (Wildman–Crippen MR) is 132 cm³/mol. The molecule has 2 aromatic rings. The number of ether oxygens (including phenoxy) is 1. The highest BCUT2D eigenvalue weighted by Crippen LogP contribution is 2.22. The summed E-state index contributed by atoms with van der Waals surface area (Å²) < 4.78 is 5.41. The summed E-state index contributed by atoms with van der Waals surface area (Å²) in [5, 5.41) is 7.95. The third kappa shape index (κ3) is 6.97. The first-order valence-corrected chi connectivity index (χ1v) is 10.1. The number of rotatable bonds is 7. The summed E-state index contributed by atoms with van der Waals surface area (Å²) in [7, 11) is 4.03. The smallest absolute Gasteiger partial charge is 0.191 e. The minimum absolute atomic E-state index is 0. The van der Waals surface area contributed by atoms with Gasteiger partial charge in [-0.1, -0.05) is 18.2 Å². The number of anilines is 1. The lowest BCUT2D eigenvalue weighted by Crippen LogP contribution is -2.44. The van der Waals surface area contributed by atoms with Crippen LogP contribution in [0.5, 0.6) is 0 Å². The molecule has 2 heterocycles. The molecule has 8 heteroatoms. The van der Waals surface area contributed by atoms with Gasteiger partial charge in [-0.05, 0) is 24.6 Å². The van der Waals surface area contributed by atoms with Crippen LogP contribution in [0.2, 0.25) is 0 Å². The number of nitrogens with zero attached hydrogens (tertiary/aromatic N) is 4. The van der Waals surface area contributed by atoms with Gasteiger partial charge in [0.1, 0.15) is 5.82 Å². The molecule has 1 aromatic heterocycles. The predicted octanol–water partition coefficient (Wildman–Crippen LogP) is 2.31. The Morgan fingerprint density at radius 1 is 1.21 bits per heavy atom. The standard InChI is InChI=1S/C21H32N6O.HI/c1-4-22-21(23-9-10-27-11-13-28-14-12-27)24-16-17-15-20(26(2)3)25-19-8-6-5-7-18(17)19;/h5-8,15H,4,9-14,16H2,1-3H3,(H2,22,23,24);1H. The Balaban J connectivity index is 0.00000300. The molecule has 0 saturated carbocycles. The minimum atomic E-state index is 0. The zero-order valence-electron chi connectivity index (χ0n) is 17.6. The van der Waals surface area contributed by atoms with Crippen LogP contribution in [0.15, 0.2) is 35.3 Å². The second-order valence-electron chi connectivity index (χ2n) is 7.13. The van der Waals surface area contributed by atoms with Crippen molar-refractivity contribution in [2.75, 3.05) is 64.9 Å². The summed E-state index contributed by atoms with van der Waals surface area (Å²) in [5.41, 5.74) is 2.18. The largest absolute Gasteiger partial charge is 0.379 e. The first-order chi connectivity index (χ1) is 13.7. The molecule has 0 aliphatic carbocycles. The highest BCUT2D eigenvalue weighted by Gasteiger charge is 2.10. The van der Waals surface area contributed by atoms with Crippen LogP contribution < -0.4 is 15.5 Å². The maximum atomic E-state index is 5.41. The van der Waals surface area contributed by atoms with Crippen LogP contribution in [0.3, 0.4) is 0 Å². The number of para-hydroxylation sites is 1. The second kappa shape index (κ2) is 12.1. The normalized spacial score (nSPS) is 15.1. The molecular weight excluding hydrogens is 479 g/mol. The van der Waals surface area contributed by atoms with Crippen molar-refractivity contribution >= 4 is 46.7 Å². The first-order valence-electron chi connectivity index (χ1n) is 10.1. The fraction of sp³-hybridized carbons (Fsp3) is 0.524. The van der Waals surface area contributed by atoms with Crippen LogP contribution in [0.1, 0.15) is 12.5 Å². The Morgan fingerprint density at radius 3 is 2.69 bits per heavy atom. The van der Waals surface area contributed by atoms with Crippen molar-refractivity contribution in [2.45, 2.75) is 13.5 Å². The molecule has 29 heavy (non-hydrogen) atoms. The summed E-state index contributed by atoms with van der Waals surface area (Å²) in [5.74, 6) is 1.80. The van der Waals surface area contributed by atoms with Gasteiger partial charge >= 0.3 is 0 Å². The number of aromatic nitrogens is 1. The molecule has 0 spiro atoms. The number of pyridine rings is 1. The maximum Gasteiger partial charge on any atom is 0.191 e. The van der Waals surface area contributed by atoms with Gasteiger partial charge in [0, 0.05) is 52.2 Å². The lowest BCUT2D eigenvalue weighted by Gasteiger charge is -2.26. The SMILES string of the molecule is CCNC(=NCc1cc(N(C)C)nc2ccccc12)NCCN1CCOCC1.I. The van der Waals surface area contributed by atoms with Crippen molar-refractivity contribution in [2.24, 2.45) is 4.99 Å². The van der Waals surface area contributed by atoms with Gasteiger partial charge in [0.2, 0.25) is 0 Å². The Bertz CT molecular complexity index is 792. The van der Waals surface area contributed by atoms with Gasteiger partial charge in [-0.25, -0.2) is 9.98 Å². The minimum Gasteiger partial charge on any atom is -0.379 e. The third-order valence-corrected chi connectivity index (χ3v) is 4.82. The molecule has 1 aromatic carbocycles. The topological polar surface area (TPSA) is 65.0 Å². The molecule has 1 aliphatic heterocycles. The van der Waals surface area contributed by atoms with E-state index in [0.29, 0.717) is 6.54 Å². The van der Waals surface area contributed by atoms with E-state index in [-0.39, 0.29) is 24.0 Å². The fourth-order valence-electron chi connectivity index (χ4n) is 3.26. The van der Waals surface area contributed by atoms with E-state index >= 15 is 0 Å². The first kappa shape index (κ1) is 23.6. The Kier molecular flexibility index (Phi) is 9.89. The molecule has 2 N–H and O–H groups in total. The van der Waals surface area contributed by atoms with Crippen molar-refractivity contribution in [1.29, 1.82) is 0 Å². The zero-order valence-corrected chi connectivity index (χ0v) is 20.0. The summed E-state index contributed by atoms with van der Waals surface area (Å²) in [6.07, 6.45) is 0. The quantitative estimate of drug-likeness (QED) is 0.338. The van der Waals surface area contributed by atoms with E-state index in [9.17, 15) is 0 Å². The molecule has 1 fully saturated rings. The van der Waals surface area contributed by atoms with Gasteiger partial charge in [0.05, 0.1) is 25.3 Å². The van der Waals surface area contributed by atoms with Gasteiger partial charge in [-0.15, -0.1) is 24.0 Å². The number of hydrogen-bond acceptors (Lipinski definition) is 5. The van der Waals surface area contributed by atoms with Crippen LogP contribution in [-0.4, -0.2) is 75.9 Å². The van der Waals surface area contributed by atoms with E-state index in [1.54, 1.807) is 0 Å². The highest BCUT2D eigenvalue weighted by molar-refractivity contribution is 14.0. The van der Waals surface area contributed by atoms with Gasteiger partial charge < -0.3 is 20.3 Å².